The SMILES string of the molecule is Clc1cccc2c1Cc1ccc(Br)cc1S2. The maximum Gasteiger partial charge on any atom is 0.0452 e. The van der Waals surface area contributed by atoms with Gasteiger partial charge in [0.1, 0.15) is 0 Å². The molecule has 2 aromatic carbocycles. The monoisotopic (exact) mass is 310 g/mol. The van der Waals surface area contributed by atoms with E-state index in [2.05, 4.69) is 40.2 Å². The third-order valence-electron chi connectivity index (χ3n) is 2.69. The average molecular weight is 312 g/mol. The van der Waals surface area contributed by atoms with E-state index >= 15 is 0 Å². The maximum absolute atomic E-state index is 6.22. The van der Waals surface area contributed by atoms with Crippen LogP contribution < -0.4 is 0 Å². The van der Waals surface area contributed by atoms with Crippen molar-refractivity contribution in [2.75, 3.05) is 0 Å². The smallest absolute Gasteiger partial charge is 0.0452 e. The van der Waals surface area contributed by atoms with Crippen LogP contribution in [0.15, 0.2) is 50.7 Å². The molecule has 0 unspecified atom stereocenters. The van der Waals surface area contributed by atoms with Crippen molar-refractivity contribution < 1.29 is 0 Å². The van der Waals surface area contributed by atoms with E-state index in [1.165, 1.54) is 20.9 Å². The highest BCUT2D eigenvalue weighted by molar-refractivity contribution is 9.10. The van der Waals surface area contributed by atoms with Crippen LogP contribution in [0.25, 0.3) is 0 Å². The molecule has 1 heterocycles. The van der Waals surface area contributed by atoms with Crippen LogP contribution in [-0.2, 0) is 6.42 Å². The molecule has 0 aromatic heterocycles. The van der Waals surface area contributed by atoms with Gasteiger partial charge in [-0.25, -0.2) is 0 Å². The average Bonchev–Trinajstić information content (AvgIpc) is 2.27. The molecule has 0 amide bonds. The molecule has 0 atom stereocenters. The summed E-state index contributed by atoms with van der Waals surface area (Å²) < 4.78 is 1.13. The largest absolute Gasteiger partial charge is 0.0894 e. The number of hydrogen-bond acceptors (Lipinski definition) is 1. The van der Waals surface area contributed by atoms with Crippen LogP contribution in [-0.4, -0.2) is 0 Å². The van der Waals surface area contributed by atoms with Crippen LogP contribution in [0.4, 0.5) is 0 Å². The first-order valence-electron chi connectivity index (χ1n) is 4.98. The van der Waals surface area contributed by atoms with Gasteiger partial charge in [0.25, 0.3) is 0 Å². The Hall–Kier alpha value is -0.440. The van der Waals surface area contributed by atoms with Crippen LogP contribution in [0.1, 0.15) is 11.1 Å². The highest BCUT2D eigenvalue weighted by Gasteiger charge is 2.17. The summed E-state index contributed by atoms with van der Waals surface area (Å²) in [6.45, 7) is 0. The summed E-state index contributed by atoms with van der Waals surface area (Å²) in [6, 6.07) is 12.5. The van der Waals surface area contributed by atoms with E-state index in [4.69, 9.17) is 11.6 Å². The maximum atomic E-state index is 6.22. The molecule has 2 aromatic rings. The van der Waals surface area contributed by atoms with Gasteiger partial charge < -0.3 is 0 Å². The van der Waals surface area contributed by atoms with Crippen molar-refractivity contribution in [3.8, 4) is 0 Å². The molecule has 1 aliphatic rings. The van der Waals surface area contributed by atoms with E-state index < -0.39 is 0 Å². The predicted molar refractivity (Wildman–Crippen MR) is 72.5 cm³/mol. The third kappa shape index (κ3) is 1.79. The lowest BCUT2D eigenvalue weighted by molar-refractivity contribution is 1.05. The molecule has 0 N–H and O–H groups in total. The number of halogens is 2. The lowest BCUT2D eigenvalue weighted by atomic mass is 10.0. The summed E-state index contributed by atoms with van der Waals surface area (Å²) in [5.74, 6) is 0. The first-order chi connectivity index (χ1) is 7.74. The van der Waals surface area contributed by atoms with E-state index in [0.717, 1.165) is 15.9 Å². The van der Waals surface area contributed by atoms with Gasteiger partial charge in [-0.3, -0.25) is 0 Å². The molecule has 1 aliphatic heterocycles. The van der Waals surface area contributed by atoms with Gasteiger partial charge in [-0.2, -0.15) is 0 Å². The first kappa shape index (κ1) is 10.7. The Morgan fingerprint density at radius 2 is 2.00 bits per heavy atom. The van der Waals surface area contributed by atoms with Crippen molar-refractivity contribution in [3.63, 3.8) is 0 Å². The van der Waals surface area contributed by atoms with E-state index in [1.807, 2.05) is 12.1 Å². The number of fused-ring (bicyclic) bond motifs is 2. The van der Waals surface area contributed by atoms with Gasteiger partial charge in [-0.15, -0.1) is 0 Å². The van der Waals surface area contributed by atoms with Crippen LogP contribution in [0, 0.1) is 0 Å². The van der Waals surface area contributed by atoms with E-state index in [0.29, 0.717) is 0 Å². The summed E-state index contributed by atoms with van der Waals surface area (Å²) in [7, 11) is 0. The van der Waals surface area contributed by atoms with Crippen molar-refractivity contribution in [2.45, 2.75) is 16.2 Å². The molecule has 0 saturated carbocycles. The second-order valence-corrected chi connectivity index (χ2v) is 6.15. The summed E-state index contributed by atoms with van der Waals surface area (Å²) in [4.78, 5) is 2.60. The summed E-state index contributed by atoms with van der Waals surface area (Å²) >= 11 is 11.5. The molecule has 3 heteroatoms. The zero-order valence-corrected chi connectivity index (χ0v) is 11.5. The molecule has 0 aliphatic carbocycles. The van der Waals surface area contributed by atoms with Crippen molar-refractivity contribution >= 4 is 39.3 Å². The fourth-order valence-electron chi connectivity index (χ4n) is 1.88. The van der Waals surface area contributed by atoms with Gasteiger partial charge in [0.05, 0.1) is 0 Å². The fourth-order valence-corrected chi connectivity index (χ4v) is 3.84. The Kier molecular flexibility index (Phi) is 2.74. The molecule has 0 nitrogen and oxygen atoms in total. The van der Waals surface area contributed by atoms with Crippen LogP contribution in [0.3, 0.4) is 0 Å². The van der Waals surface area contributed by atoms with E-state index in [9.17, 15) is 0 Å². The highest BCUT2D eigenvalue weighted by Crippen LogP contribution is 2.42. The molecule has 80 valence electrons. The van der Waals surface area contributed by atoms with Gasteiger partial charge in [0.2, 0.25) is 0 Å². The second-order valence-electron chi connectivity index (χ2n) is 3.75. The zero-order valence-electron chi connectivity index (χ0n) is 8.34. The molecule has 0 bridgehead atoms. The van der Waals surface area contributed by atoms with Gasteiger partial charge in [-0.05, 0) is 35.4 Å². The lowest BCUT2D eigenvalue weighted by Crippen LogP contribution is -2.00. The van der Waals surface area contributed by atoms with Crippen molar-refractivity contribution in [2.24, 2.45) is 0 Å². The van der Waals surface area contributed by atoms with E-state index in [-0.39, 0.29) is 0 Å². The lowest BCUT2D eigenvalue weighted by Gasteiger charge is -2.19. The Morgan fingerprint density at radius 3 is 2.88 bits per heavy atom. The molecule has 16 heavy (non-hydrogen) atoms. The molecule has 0 spiro atoms. The minimum absolute atomic E-state index is 0.874. The molecule has 0 saturated heterocycles. The van der Waals surface area contributed by atoms with Crippen LogP contribution in [0.5, 0.6) is 0 Å². The normalized spacial score (nSPS) is 13.1. The van der Waals surface area contributed by atoms with Crippen molar-refractivity contribution in [1.82, 2.24) is 0 Å². The fraction of sp³-hybridized carbons (Fsp3) is 0.0769. The Labute approximate surface area is 112 Å². The summed E-state index contributed by atoms with van der Waals surface area (Å²) in [6.07, 6.45) is 0.935. The standard InChI is InChI=1S/C13H8BrClS/c14-9-5-4-8-6-10-11(15)2-1-3-12(10)16-13(8)7-9/h1-5,7H,6H2. The van der Waals surface area contributed by atoms with Crippen molar-refractivity contribution in [1.29, 1.82) is 0 Å². The summed E-state index contributed by atoms with van der Waals surface area (Å²) in [5, 5.41) is 0.874. The van der Waals surface area contributed by atoms with Gasteiger partial charge >= 0.3 is 0 Å². The number of rotatable bonds is 0. The molecular weight excluding hydrogens is 304 g/mol. The second kappa shape index (κ2) is 4.10. The van der Waals surface area contributed by atoms with Crippen molar-refractivity contribution in [3.05, 3.63) is 57.0 Å². The molecule has 0 fully saturated rings. The van der Waals surface area contributed by atoms with Gasteiger partial charge in [0.15, 0.2) is 0 Å². The Bertz CT molecular complexity index is 566. The Balaban J connectivity index is 2.13. The minimum Gasteiger partial charge on any atom is -0.0894 e. The Morgan fingerprint density at radius 1 is 1.12 bits per heavy atom. The quantitative estimate of drug-likeness (QED) is 0.553. The molecule has 0 radical (unpaired) electrons. The minimum atomic E-state index is 0.874. The van der Waals surface area contributed by atoms with Gasteiger partial charge in [-0.1, -0.05) is 51.4 Å². The number of benzene rings is 2. The van der Waals surface area contributed by atoms with Gasteiger partial charge in [0, 0.05) is 25.7 Å². The molecular formula is C13H8BrClS. The molecule has 3 rings (SSSR count). The predicted octanol–water partition coefficient (Wildman–Crippen LogP) is 5.16. The zero-order chi connectivity index (χ0) is 11.1. The van der Waals surface area contributed by atoms with Crippen LogP contribution in [0.2, 0.25) is 5.02 Å². The van der Waals surface area contributed by atoms with E-state index in [1.54, 1.807) is 11.8 Å². The summed E-state index contributed by atoms with van der Waals surface area (Å²) in [5.41, 5.74) is 2.61. The van der Waals surface area contributed by atoms with Crippen LogP contribution >= 0.6 is 39.3 Å². The number of hydrogen-bond donors (Lipinski definition) is 0. The third-order valence-corrected chi connectivity index (χ3v) is 4.74. The highest BCUT2D eigenvalue weighted by atomic mass is 79.9. The topological polar surface area (TPSA) is 0 Å². The first-order valence-corrected chi connectivity index (χ1v) is 6.96.